The second-order valence-electron chi connectivity index (χ2n) is 6.06. The van der Waals surface area contributed by atoms with Crippen LogP contribution in [0.25, 0.3) is 10.3 Å². The Morgan fingerprint density at radius 3 is 2.76 bits per heavy atom. The van der Waals surface area contributed by atoms with E-state index in [4.69, 9.17) is 10.5 Å². The number of aliphatic hydroxyl groups excluding tert-OH is 1. The Hall–Kier alpha value is -1.89. The van der Waals surface area contributed by atoms with Crippen molar-refractivity contribution in [2.75, 3.05) is 12.3 Å². The molecule has 0 amide bonds. The molecule has 1 fully saturated rings. The number of aliphatic hydroxyl groups is 1. The Kier molecular flexibility index (Phi) is 4.39. The first kappa shape index (κ1) is 17.9. The van der Waals surface area contributed by atoms with E-state index in [1.165, 1.54) is 13.8 Å². The third kappa shape index (κ3) is 2.84. The van der Waals surface area contributed by atoms with Crippen LogP contribution in [0.1, 0.15) is 20.1 Å². The molecule has 0 saturated carbocycles. The first-order valence-corrected chi connectivity index (χ1v) is 8.98. The van der Waals surface area contributed by atoms with Crippen LogP contribution in [0, 0.1) is 5.41 Å². The summed E-state index contributed by atoms with van der Waals surface area (Å²) in [5, 5.41) is 18.3. The molecule has 1 aliphatic rings. The molecule has 3 unspecified atom stereocenters. The number of H-pyrrole nitrogens is 1. The Bertz CT molecular complexity index is 948. The fourth-order valence-electron chi connectivity index (χ4n) is 2.59. The van der Waals surface area contributed by atoms with Crippen molar-refractivity contribution in [3.63, 3.8) is 0 Å². The number of nitrogens with two attached hydrogens (primary N) is 1. The maximum atomic E-state index is 12.5. The van der Waals surface area contributed by atoms with Crippen molar-refractivity contribution in [3.8, 4) is 0 Å². The Labute approximate surface area is 148 Å². The van der Waals surface area contributed by atoms with Crippen LogP contribution in [-0.4, -0.2) is 48.0 Å². The van der Waals surface area contributed by atoms with E-state index in [2.05, 4.69) is 9.97 Å². The van der Waals surface area contributed by atoms with Crippen molar-refractivity contribution in [1.29, 1.82) is 0 Å². The van der Waals surface area contributed by atoms with Crippen LogP contribution in [0.4, 0.5) is 5.95 Å². The van der Waals surface area contributed by atoms with E-state index in [0.717, 1.165) is 16.3 Å². The predicted molar refractivity (Wildman–Crippen MR) is 92.7 cm³/mol. The van der Waals surface area contributed by atoms with Crippen molar-refractivity contribution in [2.24, 2.45) is 5.41 Å². The Morgan fingerprint density at radius 2 is 2.16 bits per heavy atom. The summed E-state index contributed by atoms with van der Waals surface area (Å²) in [4.78, 5) is 41.9. The number of carboxylic acid groups (broad SMARTS) is 1. The zero-order valence-electron chi connectivity index (χ0n) is 13.3. The topological polar surface area (TPSA) is 161 Å². The number of nitrogens with one attached hydrogen (secondary N) is 1. The number of thioether (sulfide) groups is 1. The highest BCUT2D eigenvalue weighted by atomic mass is 32.2. The SMILES string of the molecule is CC(C)(C(=O)O)C1SC(CO)OC1n1c(=O)sc2c(=O)[nH]c(N)nc21. The van der Waals surface area contributed by atoms with Gasteiger partial charge in [-0.15, -0.1) is 11.8 Å². The molecule has 5 N–H and O–H groups in total. The standard InChI is InChI=1S/C13H16N4O6S2/c1-13(2,10(20)21)6-9(23-4(3-18)24-6)17-7-5(25-12(17)22)8(19)16-11(14)15-7/h4,6,9,18H,3H2,1-2H3,(H,20,21)(H3,14,15,16,19). The second kappa shape index (κ2) is 6.12. The molecule has 3 rings (SSSR count). The second-order valence-corrected chi connectivity index (χ2v) is 8.33. The van der Waals surface area contributed by atoms with Crippen LogP contribution in [0.3, 0.4) is 0 Å². The Balaban J connectivity index is 2.21. The van der Waals surface area contributed by atoms with Gasteiger partial charge in [0.2, 0.25) is 5.95 Å². The summed E-state index contributed by atoms with van der Waals surface area (Å²) in [5.41, 5.74) is 3.08. The minimum absolute atomic E-state index is 0.0339. The summed E-state index contributed by atoms with van der Waals surface area (Å²) in [7, 11) is 0. The molecule has 0 bridgehead atoms. The molecule has 0 spiro atoms. The molecule has 10 nitrogen and oxygen atoms in total. The van der Waals surface area contributed by atoms with Crippen molar-refractivity contribution >= 4 is 45.4 Å². The maximum Gasteiger partial charge on any atom is 0.311 e. The summed E-state index contributed by atoms with van der Waals surface area (Å²) >= 11 is 1.80. The van der Waals surface area contributed by atoms with Gasteiger partial charge in [-0.25, -0.2) is 0 Å². The van der Waals surface area contributed by atoms with Gasteiger partial charge in [0.25, 0.3) is 5.56 Å². The van der Waals surface area contributed by atoms with Crippen molar-refractivity contribution in [3.05, 3.63) is 20.0 Å². The number of aliphatic carboxylic acids is 1. The third-order valence-electron chi connectivity index (χ3n) is 4.01. The fraction of sp³-hybridized carbons (Fsp3) is 0.538. The van der Waals surface area contributed by atoms with Gasteiger partial charge in [-0.2, -0.15) is 4.98 Å². The van der Waals surface area contributed by atoms with Crippen LogP contribution in [-0.2, 0) is 9.53 Å². The van der Waals surface area contributed by atoms with Crippen LogP contribution in [0.15, 0.2) is 9.59 Å². The molecule has 12 heteroatoms. The van der Waals surface area contributed by atoms with Crippen LogP contribution in [0.5, 0.6) is 0 Å². The summed E-state index contributed by atoms with van der Waals surface area (Å²) in [6.07, 6.45) is -1.01. The number of nitrogen functional groups attached to an aromatic ring is 1. The van der Waals surface area contributed by atoms with Gasteiger partial charge in [-0.1, -0.05) is 11.3 Å². The lowest BCUT2D eigenvalue weighted by molar-refractivity contribution is -0.149. The number of carbonyl (C=O) groups is 1. The minimum atomic E-state index is -1.26. The van der Waals surface area contributed by atoms with E-state index in [1.54, 1.807) is 0 Å². The molecule has 0 radical (unpaired) electrons. The van der Waals surface area contributed by atoms with Gasteiger partial charge in [0.15, 0.2) is 11.9 Å². The molecule has 0 aliphatic carbocycles. The molecule has 2 aromatic heterocycles. The normalized spacial score (nSPS) is 24.0. The first-order chi connectivity index (χ1) is 11.7. The molecule has 2 aromatic rings. The number of rotatable bonds is 4. The molecule has 3 heterocycles. The average Bonchev–Trinajstić information content (AvgIpc) is 3.08. The molecule has 0 aromatic carbocycles. The number of fused-ring (bicyclic) bond motifs is 1. The van der Waals surface area contributed by atoms with E-state index in [9.17, 15) is 24.6 Å². The van der Waals surface area contributed by atoms with Gasteiger partial charge in [0.1, 0.15) is 10.1 Å². The third-order valence-corrected chi connectivity index (χ3v) is 6.63. The molecule has 1 aliphatic heterocycles. The average molecular weight is 388 g/mol. The number of hydrogen-bond donors (Lipinski definition) is 4. The Morgan fingerprint density at radius 1 is 1.48 bits per heavy atom. The molecule has 3 atom stereocenters. The fourth-order valence-corrected chi connectivity index (χ4v) is 4.79. The van der Waals surface area contributed by atoms with E-state index in [-0.39, 0.29) is 22.9 Å². The number of carboxylic acids is 1. The maximum absolute atomic E-state index is 12.5. The molecular formula is C13H16N4O6S2. The highest BCUT2D eigenvalue weighted by molar-refractivity contribution is 8.00. The van der Waals surface area contributed by atoms with E-state index in [1.807, 2.05) is 0 Å². The number of ether oxygens (including phenoxy) is 1. The van der Waals surface area contributed by atoms with Crippen molar-refractivity contribution in [2.45, 2.75) is 30.8 Å². The van der Waals surface area contributed by atoms with Gasteiger partial charge >= 0.3 is 10.8 Å². The van der Waals surface area contributed by atoms with E-state index in [0.29, 0.717) is 11.3 Å². The van der Waals surface area contributed by atoms with Crippen LogP contribution < -0.4 is 16.2 Å². The number of aromatic amines is 1. The van der Waals surface area contributed by atoms with Gasteiger partial charge < -0.3 is 20.7 Å². The van der Waals surface area contributed by atoms with Crippen molar-refractivity contribution < 1.29 is 19.7 Å². The number of nitrogens with zero attached hydrogens (tertiary/aromatic N) is 2. The molecule has 1 saturated heterocycles. The lowest BCUT2D eigenvalue weighted by Crippen LogP contribution is -2.40. The summed E-state index contributed by atoms with van der Waals surface area (Å²) in [5.74, 6) is -1.24. The quantitative estimate of drug-likeness (QED) is 0.555. The highest BCUT2D eigenvalue weighted by Crippen LogP contribution is 2.48. The van der Waals surface area contributed by atoms with Gasteiger partial charge in [0.05, 0.1) is 17.3 Å². The monoisotopic (exact) mass is 388 g/mol. The van der Waals surface area contributed by atoms with Crippen LogP contribution in [0.2, 0.25) is 0 Å². The van der Waals surface area contributed by atoms with Gasteiger partial charge in [-0.05, 0) is 13.8 Å². The number of thiazole rings is 1. The van der Waals surface area contributed by atoms with Crippen LogP contribution >= 0.6 is 23.1 Å². The highest BCUT2D eigenvalue weighted by Gasteiger charge is 2.50. The molecule has 136 valence electrons. The van der Waals surface area contributed by atoms with Gasteiger partial charge in [0, 0.05) is 0 Å². The van der Waals surface area contributed by atoms with E-state index < -0.39 is 38.7 Å². The number of anilines is 1. The number of aromatic nitrogens is 3. The van der Waals surface area contributed by atoms with E-state index >= 15 is 0 Å². The first-order valence-electron chi connectivity index (χ1n) is 7.22. The molecular weight excluding hydrogens is 372 g/mol. The summed E-state index contributed by atoms with van der Waals surface area (Å²) < 4.78 is 6.92. The lowest BCUT2D eigenvalue weighted by atomic mass is 9.88. The molecule has 25 heavy (non-hydrogen) atoms. The number of hydrogen-bond acceptors (Lipinski definition) is 9. The zero-order valence-corrected chi connectivity index (χ0v) is 14.9. The smallest absolute Gasteiger partial charge is 0.311 e. The van der Waals surface area contributed by atoms with Crippen molar-refractivity contribution in [1.82, 2.24) is 14.5 Å². The zero-order chi connectivity index (χ0) is 18.5. The summed E-state index contributed by atoms with van der Waals surface area (Å²) in [6.45, 7) is 2.68. The summed E-state index contributed by atoms with van der Waals surface area (Å²) in [6, 6.07) is 0. The predicted octanol–water partition coefficient (Wildman–Crippen LogP) is -0.212. The van der Waals surface area contributed by atoms with Gasteiger partial charge in [-0.3, -0.25) is 23.9 Å². The largest absolute Gasteiger partial charge is 0.481 e. The lowest BCUT2D eigenvalue weighted by Gasteiger charge is -2.29. The minimum Gasteiger partial charge on any atom is -0.481 e.